The van der Waals surface area contributed by atoms with Crippen molar-refractivity contribution in [1.82, 2.24) is 0 Å². The van der Waals surface area contributed by atoms with Crippen molar-refractivity contribution in [3.8, 4) is 0 Å². The van der Waals surface area contributed by atoms with Gasteiger partial charge < -0.3 is 5.11 Å². The van der Waals surface area contributed by atoms with Gasteiger partial charge in [0.1, 0.15) is 0 Å². The molecule has 0 aromatic heterocycles. The molecule has 0 saturated carbocycles. The Morgan fingerprint density at radius 1 is 1.30 bits per heavy atom. The van der Waals surface area contributed by atoms with E-state index in [4.69, 9.17) is 48.1 Å². The lowest BCUT2D eigenvalue weighted by Crippen LogP contribution is -2.45. The fourth-order valence-corrected chi connectivity index (χ4v) is 0.245. The third-order valence-corrected chi connectivity index (χ3v) is 1.30. The van der Waals surface area contributed by atoms with Crippen molar-refractivity contribution in [2.24, 2.45) is 0 Å². The largest absolute Gasteiger partial charge is 0.482 e. The van der Waals surface area contributed by atoms with Crippen LogP contribution < -0.4 is 0 Å². The fraction of sp³-hybridized carbons (Fsp3) is 0.667. The van der Waals surface area contributed by atoms with E-state index in [2.05, 4.69) is 0 Å². The molecule has 1 N–H and O–H groups in total. The van der Waals surface area contributed by atoms with E-state index in [1.807, 2.05) is 0 Å². The van der Waals surface area contributed by atoms with E-state index in [1.54, 1.807) is 0 Å². The van der Waals surface area contributed by atoms with Crippen LogP contribution in [-0.4, -0.2) is 47.1 Å². The summed E-state index contributed by atoms with van der Waals surface area (Å²) >= 11 is 5.14. The molecule has 0 fully saturated rings. The third-order valence-electron chi connectivity index (χ3n) is 0.988. The van der Waals surface area contributed by atoms with Crippen molar-refractivity contribution in [2.45, 2.75) is 9.89 Å². The molecule has 0 saturated heterocycles. The first-order valence-electron chi connectivity index (χ1n) is 2.27. The molecule has 8 radical (unpaired) electrons. The van der Waals surface area contributed by atoms with Crippen LogP contribution >= 0.6 is 11.6 Å². The molecule has 0 aromatic carbocycles. The number of carboxylic acid groups (broad SMARTS) is 1. The quantitative estimate of drug-likeness (QED) is 0.392. The summed E-state index contributed by atoms with van der Waals surface area (Å²) in [7, 11) is 19.7. The molecule has 2 nitrogen and oxygen atoms in total. The van der Waals surface area contributed by atoms with Gasteiger partial charge in [-0.3, -0.25) is 4.79 Å². The second kappa shape index (κ2) is 2.57. The van der Waals surface area contributed by atoms with Gasteiger partial charge in [-0.1, -0.05) is 0 Å². The lowest BCUT2D eigenvalue weighted by Gasteiger charge is -2.34. The molecule has 0 aliphatic heterocycles. The predicted octanol–water partition coefficient (Wildman–Crippen LogP) is -1.25. The monoisotopic (exact) mass is 148 g/mol. The van der Waals surface area contributed by atoms with E-state index in [1.165, 1.54) is 0 Å². The van der Waals surface area contributed by atoms with Gasteiger partial charge in [-0.2, -0.15) is 0 Å². The zero-order chi connectivity index (χ0) is 8.58. The van der Waals surface area contributed by atoms with Gasteiger partial charge in [0.2, 0.25) is 0 Å². The van der Waals surface area contributed by atoms with Gasteiger partial charge >= 0.3 is 0 Å². The molecular formula is C3HB4ClO2. The van der Waals surface area contributed by atoms with Gasteiger partial charge in [-0.25, -0.2) is 0 Å². The highest BCUT2D eigenvalue weighted by Crippen LogP contribution is 2.32. The number of carbonyl (C=O) groups is 1. The van der Waals surface area contributed by atoms with Crippen molar-refractivity contribution in [3.05, 3.63) is 0 Å². The van der Waals surface area contributed by atoms with Gasteiger partial charge in [0.05, 0.1) is 31.4 Å². The maximum Gasteiger partial charge on any atom is 0.292 e. The Bertz CT molecular complexity index is 151. The number of alkyl halides is 1. The summed E-state index contributed by atoms with van der Waals surface area (Å²) in [6.07, 6.45) is 0. The van der Waals surface area contributed by atoms with Crippen LogP contribution in [0.2, 0.25) is 5.21 Å². The van der Waals surface area contributed by atoms with E-state index in [0.717, 1.165) is 0 Å². The highest BCUT2D eigenvalue weighted by molar-refractivity contribution is 6.73. The molecule has 44 valence electrons. The Kier molecular flexibility index (Phi) is 2.58. The summed E-state index contributed by atoms with van der Waals surface area (Å²) in [6.45, 7) is 0. The first-order valence-corrected chi connectivity index (χ1v) is 2.65. The maximum absolute atomic E-state index is 10.2. The van der Waals surface area contributed by atoms with Crippen molar-refractivity contribution in [2.75, 3.05) is 0 Å². The predicted molar refractivity (Wildman–Crippen MR) is 41.9 cm³/mol. The van der Waals surface area contributed by atoms with E-state index in [9.17, 15) is 4.79 Å². The molecule has 7 heteroatoms. The molecule has 0 heterocycles. The van der Waals surface area contributed by atoms with Gasteiger partial charge in [0.25, 0.3) is 5.97 Å². The van der Waals surface area contributed by atoms with Gasteiger partial charge in [0.15, 0.2) is 0 Å². The second-order valence-corrected chi connectivity index (χ2v) is 2.57. The maximum atomic E-state index is 10.2. The number of hydrogen-bond donors (Lipinski definition) is 1. The second-order valence-electron chi connectivity index (χ2n) is 1.94. The highest BCUT2D eigenvalue weighted by Gasteiger charge is 2.39. The van der Waals surface area contributed by atoms with Gasteiger partial charge in [-0.05, 0) is 9.89 Å². The lowest BCUT2D eigenvalue weighted by molar-refractivity contribution is -0.138. The highest BCUT2D eigenvalue weighted by atomic mass is 35.5. The SMILES string of the molecule is [B]C([B])(Cl)C([B])([B])C(=O)O. The summed E-state index contributed by atoms with van der Waals surface area (Å²) in [5.41, 5.74) is 0. The number of rotatable bonds is 2. The molecule has 0 unspecified atom stereocenters. The molecule has 0 amide bonds. The van der Waals surface area contributed by atoms with Crippen LogP contribution in [0.4, 0.5) is 0 Å². The Hall–Kier alpha value is 0.0197. The normalized spacial score (nSPS) is 12.9. The number of aliphatic carboxylic acids is 1. The Morgan fingerprint density at radius 2 is 1.60 bits per heavy atom. The first kappa shape index (κ1) is 10.0. The molecule has 0 rings (SSSR count). The average molecular weight is 148 g/mol. The molecule has 0 aliphatic rings. The minimum Gasteiger partial charge on any atom is -0.482 e. The molecule has 0 atom stereocenters. The fourth-order valence-electron chi connectivity index (χ4n) is 0.164. The van der Waals surface area contributed by atoms with Crippen molar-refractivity contribution in [1.29, 1.82) is 0 Å². The average Bonchev–Trinajstić information content (AvgIpc) is 1.62. The standard InChI is InChI=1S/C3HB4ClO2/c4-2(5,1(9)10)3(6,7)8/h(H,9,10). The molecule has 0 aliphatic carbocycles. The van der Waals surface area contributed by atoms with Crippen LogP contribution in [0, 0.1) is 0 Å². The zero-order valence-electron chi connectivity index (χ0n) is 5.04. The minimum atomic E-state index is -2.32. The van der Waals surface area contributed by atoms with E-state index in [-0.39, 0.29) is 0 Å². The summed E-state index contributed by atoms with van der Waals surface area (Å²) < 4.78 is -2.15. The molecule has 0 aromatic rings. The van der Waals surface area contributed by atoms with Crippen LogP contribution in [0.25, 0.3) is 0 Å². The summed E-state index contributed by atoms with van der Waals surface area (Å²) in [5, 5.41) is 5.96. The van der Waals surface area contributed by atoms with Crippen molar-refractivity contribution >= 4 is 49.0 Å². The first-order chi connectivity index (χ1) is 4.19. The Morgan fingerprint density at radius 3 is 1.60 bits per heavy atom. The van der Waals surface area contributed by atoms with Crippen LogP contribution in [0.3, 0.4) is 0 Å². The molecule has 10 heavy (non-hydrogen) atoms. The summed E-state index contributed by atoms with van der Waals surface area (Å²) in [6, 6.07) is 0. The zero-order valence-corrected chi connectivity index (χ0v) is 5.80. The van der Waals surface area contributed by atoms with Crippen LogP contribution in [-0.2, 0) is 4.79 Å². The van der Waals surface area contributed by atoms with E-state index >= 15 is 0 Å². The molecule has 0 bridgehead atoms. The summed E-state index contributed by atoms with van der Waals surface area (Å²) in [5.74, 6) is -1.56. The minimum absolute atomic E-state index is 1.56. The number of carboxylic acids is 1. The Balaban J connectivity index is 4.57. The molecule has 0 spiro atoms. The third kappa shape index (κ3) is 1.75. The van der Waals surface area contributed by atoms with Crippen molar-refractivity contribution < 1.29 is 9.90 Å². The molecular weight excluding hydrogens is 147 g/mol. The lowest BCUT2D eigenvalue weighted by atomic mass is 9.38. The van der Waals surface area contributed by atoms with Crippen LogP contribution in [0.5, 0.6) is 0 Å². The number of hydrogen-bond acceptors (Lipinski definition) is 1. The van der Waals surface area contributed by atoms with E-state index in [0.29, 0.717) is 0 Å². The van der Waals surface area contributed by atoms with Gasteiger partial charge in [-0.15, -0.1) is 11.6 Å². The van der Waals surface area contributed by atoms with Gasteiger partial charge in [0, 0.05) is 0 Å². The van der Waals surface area contributed by atoms with Crippen LogP contribution in [0.1, 0.15) is 0 Å². The van der Waals surface area contributed by atoms with E-state index < -0.39 is 15.9 Å². The smallest absolute Gasteiger partial charge is 0.292 e. The van der Waals surface area contributed by atoms with Crippen molar-refractivity contribution in [3.63, 3.8) is 0 Å². The van der Waals surface area contributed by atoms with Crippen LogP contribution in [0.15, 0.2) is 0 Å². The topological polar surface area (TPSA) is 37.3 Å². The summed E-state index contributed by atoms with van der Waals surface area (Å²) in [4.78, 5) is 10.2. The number of halogens is 1. The Labute approximate surface area is 69.3 Å².